The highest BCUT2D eigenvalue weighted by Gasteiger charge is 2.30. The zero-order valence-corrected chi connectivity index (χ0v) is 19.8. The average Bonchev–Trinajstić information content (AvgIpc) is 3.17. The Labute approximate surface area is 191 Å². The Hall–Kier alpha value is -1.94. The number of sulfonamides is 1. The predicted molar refractivity (Wildman–Crippen MR) is 120 cm³/mol. The van der Waals surface area contributed by atoms with Crippen molar-refractivity contribution < 1.29 is 27.5 Å². The van der Waals surface area contributed by atoms with E-state index >= 15 is 0 Å². The summed E-state index contributed by atoms with van der Waals surface area (Å²) in [5.41, 5.74) is 1.01. The Morgan fingerprint density at radius 1 is 1.10 bits per heavy atom. The number of ether oxygens (including phenoxy) is 2. The molecule has 1 aromatic carbocycles. The molecule has 10 heteroatoms. The Morgan fingerprint density at radius 2 is 1.71 bits per heavy atom. The molecule has 2 rings (SSSR count). The molecule has 0 fully saturated rings. The maximum Gasteiger partial charge on any atom is 0.320 e. The molecule has 1 aromatic heterocycles. The van der Waals surface area contributed by atoms with E-state index in [-0.39, 0.29) is 31.1 Å². The summed E-state index contributed by atoms with van der Waals surface area (Å²) in [6.45, 7) is 4.03. The number of aryl methyl sites for hydroxylation is 1. The molecule has 0 aliphatic carbocycles. The zero-order chi connectivity index (χ0) is 22.9. The molecule has 0 saturated heterocycles. The van der Waals surface area contributed by atoms with Crippen LogP contribution < -0.4 is 4.72 Å². The number of carbonyl (C=O) groups is 2. The van der Waals surface area contributed by atoms with Gasteiger partial charge < -0.3 is 9.47 Å². The third-order valence-electron chi connectivity index (χ3n) is 4.31. The van der Waals surface area contributed by atoms with Crippen LogP contribution in [0.2, 0.25) is 5.02 Å². The minimum Gasteiger partial charge on any atom is -0.465 e. The summed E-state index contributed by atoms with van der Waals surface area (Å²) in [5, 5.41) is 2.41. The number of benzene rings is 1. The molecule has 1 N–H and O–H groups in total. The van der Waals surface area contributed by atoms with Crippen molar-refractivity contribution in [1.82, 2.24) is 4.72 Å². The summed E-state index contributed by atoms with van der Waals surface area (Å²) in [6, 6.07) is 7.90. The van der Waals surface area contributed by atoms with E-state index in [1.165, 1.54) is 35.6 Å². The van der Waals surface area contributed by atoms with Crippen LogP contribution in [-0.2, 0) is 41.9 Å². The van der Waals surface area contributed by atoms with Crippen LogP contribution in [0.3, 0.4) is 0 Å². The van der Waals surface area contributed by atoms with E-state index in [0.29, 0.717) is 17.9 Å². The van der Waals surface area contributed by atoms with E-state index in [2.05, 4.69) is 4.72 Å². The average molecular weight is 488 g/mol. The van der Waals surface area contributed by atoms with Gasteiger partial charge >= 0.3 is 11.9 Å². The van der Waals surface area contributed by atoms with Gasteiger partial charge in [0.1, 0.15) is 0 Å². The van der Waals surface area contributed by atoms with Gasteiger partial charge in [0.05, 0.1) is 18.1 Å². The molecule has 0 saturated carbocycles. The Balaban J connectivity index is 1.88. The standard InChI is InChI=1S/C21H26ClNO6S2/c1-3-28-20(24)19(21(25)29-4-2)13-17-12-15(14-30-17)6-5-11-23-31(26,27)18-9-7-16(22)8-10-18/h7-10,12,14,19,23H,3-6,11,13H2,1-2H3. The molecule has 0 radical (unpaired) electrons. The molecule has 0 aliphatic heterocycles. The van der Waals surface area contributed by atoms with Crippen LogP contribution in [0.1, 0.15) is 30.7 Å². The Kier molecular flexibility index (Phi) is 9.95. The fourth-order valence-electron chi connectivity index (χ4n) is 2.81. The van der Waals surface area contributed by atoms with Crippen LogP contribution in [0.5, 0.6) is 0 Å². The summed E-state index contributed by atoms with van der Waals surface area (Å²) in [4.78, 5) is 25.3. The topological polar surface area (TPSA) is 98.8 Å². The van der Waals surface area contributed by atoms with Gasteiger partial charge in [-0.25, -0.2) is 13.1 Å². The number of hydrogen-bond donors (Lipinski definition) is 1. The van der Waals surface area contributed by atoms with Crippen molar-refractivity contribution in [3.05, 3.63) is 51.2 Å². The Morgan fingerprint density at radius 3 is 2.29 bits per heavy atom. The highest BCUT2D eigenvalue weighted by atomic mass is 35.5. The summed E-state index contributed by atoms with van der Waals surface area (Å²) >= 11 is 7.23. The third kappa shape index (κ3) is 7.92. The van der Waals surface area contributed by atoms with Gasteiger partial charge in [0.2, 0.25) is 10.0 Å². The van der Waals surface area contributed by atoms with Crippen molar-refractivity contribution in [2.75, 3.05) is 19.8 Å². The monoisotopic (exact) mass is 487 g/mol. The first kappa shape index (κ1) is 25.3. The Bertz CT molecular complexity index is 954. The van der Waals surface area contributed by atoms with Gasteiger partial charge in [-0.15, -0.1) is 11.3 Å². The summed E-state index contributed by atoms with van der Waals surface area (Å²) in [7, 11) is -3.58. The van der Waals surface area contributed by atoms with Gasteiger partial charge in [0.15, 0.2) is 5.92 Å². The minimum atomic E-state index is -3.58. The quantitative estimate of drug-likeness (QED) is 0.279. The molecule has 0 aliphatic rings. The van der Waals surface area contributed by atoms with E-state index in [0.717, 1.165) is 10.4 Å². The van der Waals surface area contributed by atoms with Crippen LogP contribution in [0, 0.1) is 5.92 Å². The molecular formula is C21H26ClNO6S2. The van der Waals surface area contributed by atoms with Crippen LogP contribution in [-0.4, -0.2) is 40.1 Å². The first-order chi connectivity index (χ1) is 14.8. The highest BCUT2D eigenvalue weighted by molar-refractivity contribution is 7.89. The predicted octanol–water partition coefficient (Wildman–Crippen LogP) is 3.60. The number of thiophene rings is 1. The van der Waals surface area contributed by atoms with Crippen molar-refractivity contribution in [3.63, 3.8) is 0 Å². The minimum absolute atomic E-state index is 0.165. The maximum absolute atomic E-state index is 12.3. The van der Waals surface area contributed by atoms with E-state index in [1.54, 1.807) is 13.8 Å². The molecule has 170 valence electrons. The van der Waals surface area contributed by atoms with Crippen LogP contribution >= 0.6 is 22.9 Å². The van der Waals surface area contributed by atoms with E-state index < -0.39 is 27.9 Å². The maximum atomic E-state index is 12.3. The number of hydrogen-bond acceptors (Lipinski definition) is 7. The van der Waals surface area contributed by atoms with Gasteiger partial charge in [0, 0.05) is 22.9 Å². The number of nitrogens with one attached hydrogen (secondary N) is 1. The lowest BCUT2D eigenvalue weighted by molar-refractivity contribution is -0.161. The van der Waals surface area contributed by atoms with Gasteiger partial charge in [-0.1, -0.05) is 11.6 Å². The summed E-state index contributed by atoms with van der Waals surface area (Å²) < 4.78 is 37.1. The van der Waals surface area contributed by atoms with Crippen molar-refractivity contribution in [3.8, 4) is 0 Å². The number of rotatable bonds is 12. The van der Waals surface area contributed by atoms with Crippen molar-refractivity contribution in [1.29, 1.82) is 0 Å². The van der Waals surface area contributed by atoms with Gasteiger partial charge in [-0.3, -0.25) is 9.59 Å². The van der Waals surface area contributed by atoms with E-state index in [9.17, 15) is 18.0 Å². The fraction of sp³-hybridized carbons (Fsp3) is 0.429. The molecule has 0 bridgehead atoms. The lowest BCUT2D eigenvalue weighted by Gasteiger charge is -2.13. The molecule has 7 nitrogen and oxygen atoms in total. The summed E-state index contributed by atoms with van der Waals surface area (Å²) in [6.07, 6.45) is 1.47. The molecule has 0 unspecified atom stereocenters. The smallest absolute Gasteiger partial charge is 0.320 e. The first-order valence-corrected chi connectivity index (χ1v) is 12.7. The van der Waals surface area contributed by atoms with Crippen LogP contribution in [0.4, 0.5) is 0 Å². The second-order valence-corrected chi connectivity index (χ2v) is 9.84. The van der Waals surface area contributed by atoms with Gasteiger partial charge in [-0.2, -0.15) is 0 Å². The lowest BCUT2D eigenvalue weighted by Crippen LogP contribution is -2.29. The van der Waals surface area contributed by atoms with Crippen molar-refractivity contribution in [2.24, 2.45) is 5.92 Å². The SMILES string of the molecule is CCOC(=O)C(Cc1cc(CCCNS(=O)(=O)c2ccc(Cl)cc2)cs1)C(=O)OCC. The third-order valence-corrected chi connectivity index (χ3v) is 7.05. The van der Waals surface area contributed by atoms with E-state index in [4.69, 9.17) is 21.1 Å². The largest absolute Gasteiger partial charge is 0.465 e. The zero-order valence-electron chi connectivity index (χ0n) is 17.4. The molecule has 1 heterocycles. The molecule has 2 aromatic rings. The normalized spacial score (nSPS) is 11.5. The molecule has 31 heavy (non-hydrogen) atoms. The highest BCUT2D eigenvalue weighted by Crippen LogP contribution is 2.21. The molecule has 0 spiro atoms. The first-order valence-electron chi connectivity index (χ1n) is 9.91. The molecule has 0 amide bonds. The lowest BCUT2D eigenvalue weighted by atomic mass is 10.0. The molecule has 0 atom stereocenters. The van der Waals surface area contributed by atoms with E-state index in [1.807, 2.05) is 11.4 Å². The van der Waals surface area contributed by atoms with Gasteiger partial charge in [0.25, 0.3) is 0 Å². The fourth-order valence-corrected chi connectivity index (χ4v) is 4.98. The second kappa shape index (κ2) is 12.2. The van der Waals surface area contributed by atoms with Crippen LogP contribution in [0.25, 0.3) is 0 Å². The van der Waals surface area contributed by atoms with Gasteiger partial charge in [-0.05, 0) is 68.0 Å². The number of esters is 2. The van der Waals surface area contributed by atoms with Crippen LogP contribution in [0.15, 0.2) is 40.6 Å². The number of carbonyl (C=O) groups excluding carboxylic acids is 2. The number of halogens is 1. The molecular weight excluding hydrogens is 462 g/mol. The summed E-state index contributed by atoms with van der Waals surface area (Å²) in [5.74, 6) is -2.17. The van der Waals surface area contributed by atoms with Crippen molar-refractivity contribution in [2.45, 2.75) is 38.0 Å². The van der Waals surface area contributed by atoms with Crippen molar-refractivity contribution >= 4 is 44.9 Å². The second-order valence-electron chi connectivity index (χ2n) is 6.64.